The van der Waals surface area contributed by atoms with Crippen molar-refractivity contribution in [1.82, 2.24) is 9.80 Å². The third-order valence-corrected chi connectivity index (χ3v) is 8.71. The van der Waals surface area contributed by atoms with Gasteiger partial charge in [-0.25, -0.2) is 18.4 Å². The molecule has 2 atom stereocenters. The van der Waals surface area contributed by atoms with Crippen molar-refractivity contribution in [3.63, 3.8) is 0 Å². The Morgan fingerprint density at radius 3 is 2.60 bits per heavy atom. The molecule has 3 aromatic rings. The number of nitrogens with one attached hydrogen (secondary N) is 1. The standard InChI is InChI=1S/C29H27ClF2N4O6S/c1-13-11-36-14(12-35(13)28(39)40)7-8-41-23-16(26(36)37)9-19(32)21(22(23)30)15-5-6-18(31)24-20(15)17(10-33)25(43-24)34-27(38)42-29(2,3)4/h5-6,9,13-14H,7-8,11-12H2,1-4H3,(H,34,38)(H,39,40)/t13-,14-/m0/s1. The summed E-state index contributed by atoms with van der Waals surface area (Å²) in [5, 5.41) is 21.8. The van der Waals surface area contributed by atoms with Crippen LogP contribution in [0.25, 0.3) is 21.2 Å². The number of carboxylic acid groups (broad SMARTS) is 1. The molecule has 0 spiro atoms. The van der Waals surface area contributed by atoms with Crippen LogP contribution in [0.3, 0.4) is 0 Å². The number of hydrogen-bond acceptors (Lipinski definition) is 7. The number of anilines is 1. The maximum atomic E-state index is 16.0. The molecule has 0 radical (unpaired) electrons. The fourth-order valence-corrected chi connectivity index (χ4v) is 6.79. The number of nitriles is 1. The predicted molar refractivity (Wildman–Crippen MR) is 156 cm³/mol. The van der Waals surface area contributed by atoms with Crippen LogP contribution < -0.4 is 10.1 Å². The number of amides is 3. The first-order valence-corrected chi connectivity index (χ1v) is 14.5. The van der Waals surface area contributed by atoms with Crippen LogP contribution in [-0.4, -0.2) is 70.4 Å². The van der Waals surface area contributed by atoms with E-state index in [0.717, 1.165) is 23.5 Å². The lowest BCUT2D eigenvalue weighted by molar-refractivity contribution is 0.0214. The molecule has 1 aromatic heterocycles. The van der Waals surface area contributed by atoms with Crippen molar-refractivity contribution in [3.05, 3.63) is 46.0 Å². The first-order valence-electron chi connectivity index (χ1n) is 13.3. The van der Waals surface area contributed by atoms with Crippen molar-refractivity contribution >= 4 is 56.1 Å². The van der Waals surface area contributed by atoms with Crippen molar-refractivity contribution in [2.24, 2.45) is 0 Å². The van der Waals surface area contributed by atoms with Crippen molar-refractivity contribution in [3.8, 4) is 22.9 Å². The highest BCUT2D eigenvalue weighted by molar-refractivity contribution is 7.23. The lowest BCUT2D eigenvalue weighted by Gasteiger charge is -2.45. The fourth-order valence-electron chi connectivity index (χ4n) is 5.37. The van der Waals surface area contributed by atoms with E-state index >= 15 is 8.78 Å². The second kappa shape index (κ2) is 11.2. The highest BCUT2D eigenvalue weighted by atomic mass is 35.5. The van der Waals surface area contributed by atoms with Crippen LogP contribution in [0.2, 0.25) is 5.02 Å². The van der Waals surface area contributed by atoms with Gasteiger partial charge in [0.15, 0.2) is 5.75 Å². The van der Waals surface area contributed by atoms with E-state index in [-0.39, 0.29) is 67.8 Å². The van der Waals surface area contributed by atoms with Crippen molar-refractivity contribution in [1.29, 1.82) is 5.26 Å². The second-order valence-corrected chi connectivity index (χ2v) is 12.7. The van der Waals surface area contributed by atoms with Crippen molar-refractivity contribution < 1.29 is 37.7 Å². The molecule has 0 aliphatic carbocycles. The van der Waals surface area contributed by atoms with Crippen LogP contribution in [-0.2, 0) is 4.74 Å². The van der Waals surface area contributed by atoms with Gasteiger partial charge in [-0.2, -0.15) is 5.26 Å². The van der Waals surface area contributed by atoms with E-state index in [1.54, 1.807) is 27.7 Å². The number of piperazine rings is 1. The number of thiophene rings is 1. The van der Waals surface area contributed by atoms with Crippen molar-refractivity contribution in [2.45, 2.75) is 51.8 Å². The quantitative estimate of drug-likeness (QED) is 0.321. The number of hydrogen-bond donors (Lipinski definition) is 2. The smallest absolute Gasteiger partial charge is 0.412 e. The van der Waals surface area contributed by atoms with Crippen LogP contribution in [0.15, 0.2) is 18.2 Å². The molecule has 1 saturated heterocycles. The maximum absolute atomic E-state index is 16.0. The molecule has 0 bridgehead atoms. The average molecular weight is 633 g/mol. The minimum Gasteiger partial charge on any atom is -0.491 e. The van der Waals surface area contributed by atoms with Gasteiger partial charge in [0.25, 0.3) is 5.91 Å². The van der Waals surface area contributed by atoms with Crippen LogP contribution in [0, 0.1) is 23.0 Å². The Bertz CT molecular complexity index is 1720. The van der Waals surface area contributed by atoms with E-state index in [1.165, 1.54) is 15.9 Å². The molecule has 1 fully saturated rings. The fraction of sp³-hybridized carbons (Fsp3) is 0.379. The molecular formula is C29H27ClF2N4O6S. The summed E-state index contributed by atoms with van der Waals surface area (Å²) in [5.74, 6) is -2.26. The largest absolute Gasteiger partial charge is 0.491 e. The summed E-state index contributed by atoms with van der Waals surface area (Å²) in [4.78, 5) is 40.5. The Morgan fingerprint density at radius 1 is 1.23 bits per heavy atom. The molecule has 2 aliphatic heterocycles. The van der Waals surface area contributed by atoms with Gasteiger partial charge in [-0.1, -0.05) is 17.7 Å². The van der Waals surface area contributed by atoms with Crippen LogP contribution >= 0.6 is 22.9 Å². The zero-order valence-corrected chi connectivity index (χ0v) is 25.2. The highest BCUT2D eigenvalue weighted by Crippen LogP contribution is 2.48. The number of nitrogens with zero attached hydrogens (tertiary/aromatic N) is 3. The first-order chi connectivity index (χ1) is 20.2. The summed E-state index contributed by atoms with van der Waals surface area (Å²) in [6, 6.07) is 4.36. The van der Waals surface area contributed by atoms with E-state index < -0.39 is 47.4 Å². The first kappa shape index (κ1) is 30.3. The van der Waals surface area contributed by atoms with Gasteiger partial charge in [-0.3, -0.25) is 10.1 Å². The topological polar surface area (TPSA) is 132 Å². The van der Waals surface area contributed by atoms with Gasteiger partial charge >= 0.3 is 12.2 Å². The summed E-state index contributed by atoms with van der Waals surface area (Å²) in [6.07, 6.45) is -1.65. The molecule has 10 nitrogen and oxygen atoms in total. The van der Waals surface area contributed by atoms with E-state index in [1.807, 2.05) is 6.07 Å². The van der Waals surface area contributed by atoms with Gasteiger partial charge in [0.2, 0.25) is 0 Å². The molecule has 226 valence electrons. The number of rotatable bonds is 2. The Balaban J connectivity index is 1.61. The average Bonchev–Trinajstić information content (AvgIpc) is 3.27. The zero-order chi connectivity index (χ0) is 31.4. The number of benzene rings is 2. The van der Waals surface area contributed by atoms with Gasteiger partial charge in [0, 0.05) is 36.5 Å². The molecule has 0 unspecified atom stereocenters. The van der Waals surface area contributed by atoms with E-state index in [2.05, 4.69) is 5.32 Å². The highest BCUT2D eigenvalue weighted by Gasteiger charge is 2.40. The second-order valence-electron chi connectivity index (χ2n) is 11.3. The summed E-state index contributed by atoms with van der Waals surface area (Å²) < 4.78 is 42.2. The SMILES string of the molecule is C[C@H]1CN2C(=O)c3cc(F)c(-c4ccc(F)c5sc(NC(=O)OC(C)(C)C)c(C#N)c45)c(Cl)c3OCC[C@H]2CN1C(=O)O. The van der Waals surface area contributed by atoms with Gasteiger partial charge < -0.3 is 24.4 Å². The van der Waals surface area contributed by atoms with E-state index in [9.17, 15) is 24.8 Å². The number of ether oxygens (including phenoxy) is 2. The Hall–Kier alpha value is -4.15. The minimum absolute atomic E-state index is 0.00738. The summed E-state index contributed by atoms with van der Waals surface area (Å²) in [6.45, 7) is 6.90. The number of carbonyl (C=O) groups is 3. The molecule has 0 saturated carbocycles. The molecular weight excluding hydrogens is 606 g/mol. The number of carbonyl (C=O) groups excluding carboxylic acids is 2. The van der Waals surface area contributed by atoms with E-state index in [4.69, 9.17) is 21.1 Å². The van der Waals surface area contributed by atoms with Gasteiger partial charge in [-0.05, 0) is 45.4 Å². The predicted octanol–water partition coefficient (Wildman–Crippen LogP) is 6.69. The normalized spacial score (nSPS) is 18.6. The van der Waals surface area contributed by atoms with Crippen LogP contribution in [0.5, 0.6) is 5.75 Å². The maximum Gasteiger partial charge on any atom is 0.412 e. The van der Waals surface area contributed by atoms with Crippen LogP contribution in [0.1, 0.15) is 50.0 Å². The summed E-state index contributed by atoms with van der Waals surface area (Å²) in [5.41, 5.74) is -1.24. The lowest BCUT2D eigenvalue weighted by Crippen LogP contribution is -2.60. The third kappa shape index (κ3) is 5.52. The molecule has 3 heterocycles. The van der Waals surface area contributed by atoms with Gasteiger partial charge in [0.05, 0.1) is 33.5 Å². The molecule has 2 N–H and O–H groups in total. The zero-order valence-electron chi connectivity index (χ0n) is 23.6. The Morgan fingerprint density at radius 2 is 1.95 bits per heavy atom. The molecule has 14 heteroatoms. The molecule has 2 aromatic carbocycles. The Labute approximate surface area is 254 Å². The van der Waals surface area contributed by atoms with Crippen LogP contribution in [0.4, 0.5) is 23.4 Å². The minimum atomic E-state index is -1.10. The van der Waals surface area contributed by atoms with Gasteiger partial charge in [-0.15, -0.1) is 11.3 Å². The summed E-state index contributed by atoms with van der Waals surface area (Å²) in [7, 11) is 0. The molecule has 2 aliphatic rings. The lowest BCUT2D eigenvalue weighted by atomic mass is 9.95. The van der Waals surface area contributed by atoms with E-state index in [0.29, 0.717) is 6.42 Å². The molecule has 3 amide bonds. The molecule has 5 rings (SSSR count). The van der Waals surface area contributed by atoms with Gasteiger partial charge in [0.1, 0.15) is 28.3 Å². The summed E-state index contributed by atoms with van der Waals surface area (Å²) >= 11 is 7.53. The number of fused-ring (bicyclic) bond motifs is 3. The third-order valence-electron chi connectivity index (χ3n) is 7.24. The Kier molecular flexibility index (Phi) is 7.87. The number of halogens is 3. The molecule has 43 heavy (non-hydrogen) atoms. The van der Waals surface area contributed by atoms with Crippen molar-refractivity contribution in [2.75, 3.05) is 25.0 Å². The monoisotopic (exact) mass is 632 g/mol.